The molecule has 0 aromatic heterocycles. The van der Waals surface area contributed by atoms with E-state index in [2.05, 4.69) is 66.4 Å². The molecule has 0 amide bonds. The first-order chi connectivity index (χ1) is 13.6. The molecule has 29 heavy (non-hydrogen) atoms. The van der Waals surface area contributed by atoms with Crippen LogP contribution >= 0.6 is 24.0 Å². The molecular weight excluding hydrogens is 479 g/mol. The third-order valence-electron chi connectivity index (χ3n) is 5.39. The topological polar surface area (TPSA) is 58.1 Å². The number of nitrogens with zero attached hydrogens (tertiary/aromatic N) is 2. The van der Waals surface area contributed by atoms with E-state index < -0.39 is 0 Å². The summed E-state index contributed by atoms with van der Waals surface area (Å²) in [5.41, 5.74) is 2.35. The third-order valence-corrected chi connectivity index (χ3v) is 5.39. The van der Waals surface area contributed by atoms with Crippen molar-refractivity contribution in [2.75, 3.05) is 46.5 Å². The van der Waals surface area contributed by atoms with Crippen LogP contribution in [0.5, 0.6) is 5.75 Å². The van der Waals surface area contributed by atoms with Crippen molar-refractivity contribution in [2.24, 2.45) is 10.9 Å². The molecule has 2 rings (SSSR count). The third kappa shape index (κ3) is 8.68. The monoisotopic (exact) mass is 518 g/mol. The van der Waals surface area contributed by atoms with E-state index in [9.17, 15) is 0 Å². The summed E-state index contributed by atoms with van der Waals surface area (Å²) in [7, 11) is 1.81. The fourth-order valence-electron chi connectivity index (χ4n) is 3.48. The van der Waals surface area contributed by atoms with E-state index in [1.54, 1.807) is 0 Å². The van der Waals surface area contributed by atoms with Gasteiger partial charge in [0.2, 0.25) is 0 Å². The molecule has 0 bridgehead atoms. The zero-order valence-corrected chi connectivity index (χ0v) is 21.0. The second-order valence-electron chi connectivity index (χ2n) is 7.53. The van der Waals surface area contributed by atoms with Crippen molar-refractivity contribution in [1.82, 2.24) is 15.5 Å². The summed E-state index contributed by atoms with van der Waals surface area (Å²) in [5, 5.41) is 6.86. The van der Waals surface area contributed by atoms with Crippen molar-refractivity contribution in [3.8, 4) is 5.75 Å². The number of hydrogen-bond acceptors (Lipinski definition) is 4. The van der Waals surface area contributed by atoms with Crippen LogP contribution in [0.3, 0.4) is 0 Å². The van der Waals surface area contributed by atoms with Gasteiger partial charge in [-0.3, -0.25) is 9.89 Å². The van der Waals surface area contributed by atoms with Gasteiger partial charge < -0.3 is 20.1 Å². The fraction of sp³-hybridized carbons (Fsp3) is 0.682. The molecule has 1 fully saturated rings. The number of aliphatic imine (C=N–C) groups is 1. The largest absolute Gasteiger partial charge is 0.493 e. The molecule has 0 spiro atoms. The number of nitrogens with one attached hydrogen (secondary N) is 2. The van der Waals surface area contributed by atoms with Crippen LogP contribution in [0.15, 0.2) is 23.2 Å². The van der Waals surface area contributed by atoms with Crippen LogP contribution in [0.4, 0.5) is 0 Å². The maximum atomic E-state index is 6.14. The Hall–Kier alpha value is -1.06. The zero-order valence-electron chi connectivity index (χ0n) is 18.7. The summed E-state index contributed by atoms with van der Waals surface area (Å²) in [6.07, 6.45) is 1.08. The molecule has 2 atom stereocenters. The standard InChI is InChI=1S/C22H38N4O2.HI/c1-6-26(7-2)18(4)13-24-22(23-5)25-14-20-9-8-17(3)12-21(20)28-16-19-10-11-27-15-19;/h8-9,12,18-19H,6-7,10-11,13-16H2,1-5H3,(H2,23,24,25);1H. The van der Waals surface area contributed by atoms with Crippen LogP contribution in [0.25, 0.3) is 0 Å². The highest BCUT2D eigenvalue weighted by Gasteiger charge is 2.17. The quantitative estimate of drug-likeness (QED) is 0.283. The normalized spacial score (nSPS) is 17.7. The summed E-state index contributed by atoms with van der Waals surface area (Å²) in [6.45, 7) is 14.8. The van der Waals surface area contributed by atoms with Gasteiger partial charge in [-0.15, -0.1) is 24.0 Å². The average molecular weight is 518 g/mol. The molecule has 1 heterocycles. The molecule has 7 heteroatoms. The van der Waals surface area contributed by atoms with E-state index in [4.69, 9.17) is 9.47 Å². The minimum absolute atomic E-state index is 0. The Bertz CT molecular complexity index is 617. The summed E-state index contributed by atoms with van der Waals surface area (Å²) >= 11 is 0. The highest BCUT2D eigenvalue weighted by atomic mass is 127. The second kappa shape index (κ2) is 14.0. The van der Waals surface area contributed by atoms with Crippen molar-refractivity contribution >= 4 is 29.9 Å². The molecule has 1 aliphatic heterocycles. The minimum atomic E-state index is 0. The van der Waals surface area contributed by atoms with Crippen LogP contribution in [0.2, 0.25) is 0 Å². The molecule has 1 aromatic rings. The van der Waals surface area contributed by atoms with Crippen molar-refractivity contribution in [1.29, 1.82) is 0 Å². The fourth-order valence-corrected chi connectivity index (χ4v) is 3.48. The lowest BCUT2D eigenvalue weighted by Gasteiger charge is -2.27. The van der Waals surface area contributed by atoms with E-state index in [1.165, 1.54) is 5.56 Å². The summed E-state index contributed by atoms with van der Waals surface area (Å²) < 4.78 is 11.6. The predicted molar refractivity (Wildman–Crippen MR) is 132 cm³/mol. The van der Waals surface area contributed by atoms with Gasteiger partial charge in [0.15, 0.2) is 5.96 Å². The van der Waals surface area contributed by atoms with E-state index in [-0.39, 0.29) is 24.0 Å². The minimum Gasteiger partial charge on any atom is -0.493 e. The molecule has 2 unspecified atom stereocenters. The molecule has 0 aliphatic carbocycles. The molecule has 1 aromatic carbocycles. The lowest BCUT2D eigenvalue weighted by Crippen LogP contribution is -2.45. The molecule has 0 radical (unpaired) electrons. The Balaban J connectivity index is 0.00000420. The zero-order chi connectivity index (χ0) is 20.4. The SMILES string of the molecule is CCN(CC)C(C)CNC(=NC)NCc1ccc(C)cc1OCC1CCOC1.I. The number of benzene rings is 1. The van der Waals surface area contributed by atoms with Crippen molar-refractivity contribution in [2.45, 2.75) is 46.7 Å². The molecule has 2 N–H and O–H groups in total. The van der Waals surface area contributed by atoms with E-state index in [1.807, 2.05) is 7.05 Å². The summed E-state index contributed by atoms with van der Waals surface area (Å²) in [5.74, 6) is 2.26. The van der Waals surface area contributed by atoms with Gasteiger partial charge in [-0.05, 0) is 45.0 Å². The van der Waals surface area contributed by atoms with Gasteiger partial charge in [-0.25, -0.2) is 0 Å². The van der Waals surface area contributed by atoms with Gasteiger partial charge in [0.05, 0.1) is 13.2 Å². The van der Waals surface area contributed by atoms with Gasteiger partial charge >= 0.3 is 0 Å². The molecule has 1 aliphatic rings. The van der Waals surface area contributed by atoms with Crippen molar-refractivity contribution in [3.05, 3.63) is 29.3 Å². The number of likely N-dealkylation sites (N-methyl/N-ethyl adjacent to an activating group) is 1. The number of guanidine groups is 1. The first kappa shape index (κ1) is 26.0. The van der Waals surface area contributed by atoms with Crippen LogP contribution in [-0.4, -0.2) is 63.4 Å². The van der Waals surface area contributed by atoms with Crippen LogP contribution in [-0.2, 0) is 11.3 Å². The number of rotatable bonds is 10. The van der Waals surface area contributed by atoms with E-state index >= 15 is 0 Å². The first-order valence-corrected chi connectivity index (χ1v) is 10.6. The Morgan fingerprint density at radius 1 is 1.31 bits per heavy atom. The van der Waals surface area contributed by atoms with Crippen LogP contribution in [0, 0.1) is 12.8 Å². The lowest BCUT2D eigenvalue weighted by atomic mass is 10.1. The van der Waals surface area contributed by atoms with Gasteiger partial charge in [-0.2, -0.15) is 0 Å². The van der Waals surface area contributed by atoms with Gasteiger partial charge in [0.1, 0.15) is 5.75 Å². The Labute approximate surface area is 193 Å². The van der Waals surface area contributed by atoms with Gasteiger partial charge in [0, 0.05) is 44.3 Å². The second-order valence-corrected chi connectivity index (χ2v) is 7.53. The van der Waals surface area contributed by atoms with Crippen molar-refractivity contribution < 1.29 is 9.47 Å². The Morgan fingerprint density at radius 2 is 2.07 bits per heavy atom. The predicted octanol–water partition coefficient (Wildman–Crippen LogP) is 3.42. The smallest absolute Gasteiger partial charge is 0.191 e. The maximum absolute atomic E-state index is 6.14. The van der Waals surface area contributed by atoms with Gasteiger partial charge in [-0.1, -0.05) is 26.0 Å². The maximum Gasteiger partial charge on any atom is 0.191 e. The van der Waals surface area contributed by atoms with E-state index in [0.717, 1.165) is 56.5 Å². The van der Waals surface area contributed by atoms with E-state index in [0.29, 0.717) is 25.1 Å². The lowest BCUT2D eigenvalue weighted by molar-refractivity contribution is 0.166. The van der Waals surface area contributed by atoms with Gasteiger partial charge in [0.25, 0.3) is 0 Å². The van der Waals surface area contributed by atoms with Crippen LogP contribution < -0.4 is 15.4 Å². The van der Waals surface area contributed by atoms with Crippen molar-refractivity contribution in [3.63, 3.8) is 0 Å². The molecule has 0 saturated carbocycles. The first-order valence-electron chi connectivity index (χ1n) is 10.6. The highest BCUT2D eigenvalue weighted by molar-refractivity contribution is 14.0. The highest BCUT2D eigenvalue weighted by Crippen LogP contribution is 2.22. The molecule has 166 valence electrons. The number of hydrogen-bond donors (Lipinski definition) is 2. The average Bonchev–Trinajstić information content (AvgIpc) is 3.22. The number of halogens is 1. The Morgan fingerprint density at radius 3 is 2.69 bits per heavy atom. The summed E-state index contributed by atoms with van der Waals surface area (Å²) in [4.78, 5) is 6.79. The summed E-state index contributed by atoms with van der Waals surface area (Å²) in [6, 6.07) is 6.84. The number of aryl methyl sites for hydroxylation is 1. The molecular formula is C22H39IN4O2. The molecule has 6 nitrogen and oxygen atoms in total. The number of ether oxygens (including phenoxy) is 2. The van der Waals surface area contributed by atoms with Crippen LogP contribution in [0.1, 0.15) is 38.3 Å². The molecule has 1 saturated heterocycles. The Kier molecular flexibility index (Phi) is 12.6.